The number of ether oxygens (including phenoxy) is 2. The number of amides is 2. The highest BCUT2D eigenvalue weighted by Crippen LogP contribution is 2.21. The molecule has 0 fully saturated rings. The van der Waals surface area contributed by atoms with E-state index < -0.39 is 41.8 Å². The van der Waals surface area contributed by atoms with Crippen LogP contribution in [0.5, 0.6) is 0 Å². The zero-order chi connectivity index (χ0) is 26.2. The van der Waals surface area contributed by atoms with Crippen molar-refractivity contribution in [3.05, 3.63) is 36.0 Å². The number of hydrogen-bond donors (Lipinski definition) is 4. The number of benzene rings is 1. The van der Waals surface area contributed by atoms with Crippen LogP contribution in [-0.2, 0) is 25.5 Å². The summed E-state index contributed by atoms with van der Waals surface area (Å²) >= 11 is 0. The van der Waals surface area contributed by atoms with Crippen molar-refractivity contribution in [3.8, 4) is 0 Å². The second-order valence-electron chi connectivity index (χ2n) is 9.76. The van der Waals surface area contributed by atoms with E-state index in [4.69, 9.17) is 9.47 Å². The van der Waals surface area contributed by atoms with Crippen molar-refractivity contribution in [2.75, 3.05) is 6.61 Å². The van der Waals surface area contributed by atoms with Crippen LogP contribution in [0.3, 0.4) is 0 Å². The second-order valence-corrected chi connectivity index (χ2v) is 9.76. The predicted molar refractivity (Wildman–Crippen MR) is 134 cm³/mol. The van der Waals surface area contributed by atoms with E-state index in [1.807, 2.05) is 44.3 Å². The van der Waals surface area contributed by atoms with Crippen LogP contribution in [-0.4, -0.2) is 58.5 Å². The van der Waals surface area contributed by atoms with Crippen LogP contribution in [0, 0.1) is 5.92 Å². The molecule has 0 aliphatic heterocycles. The standard InChI is InChI=1S/C26H39N3O6/c1-7-16(3)23(29-25(33)35-26(4,5)6)24(32)28-20(21(30)14-22(31)34-8-2)13-17-15-27-19-12-10-9-11-18(17)19/h9-12,15-16,20-21,23,27,30H,7-8,13-14H2,1-6H3,(H,28,32)(H,29,33)/t16?,20-,21?,23-/m0/s1. The Morgan fingerprint density at radius 1 is 1.11 bits per heavy atom. The van der Waals surface area contributed by atoms with Gasteiger partial charge in [-0.3, -0.25) is 9.59 Å². The average molecular weight is 490 g/mol. The molecule has 4 N–H and O–H groups in total. The zero-order valence-electron chi connectivity index (χ0n) is 21.5. The van der Waals surface area contributed by atoms with Crippen LogP contribution in [0.15, 0.2) is 30.5 Å². The summed E-state index contributed by atoms with van der Waals surface area (Å²) in [6, 6.07) is 6.03. The molecule has 0 aliphatic rings. The minimum atomic E-state index is -1.19. The monoisotopic (exact) mass is 489 g/mol. The third kappa shape index (κ3) is 8.58. The first-order valence-corrected chi connectivity index (χ1v) is 12.1. The van der Waals surface area contributed by atoms with E-state index >= 15 is 0 Å². The zero-order valence-corrected chi connectivity index (χ0v) is 21.5. The first kappa shape index (κ1) is 28.2. The molecule has 1 aromatic heterocycles. The summed E-state index contributed by atoms with van der Waals surface area (Å²) in [6.07, 6.45) is 0.576. The van der Waals surface area contributed by atoms with E-state index in [1.54, 1.807) is 27.7 Å². The lowest BCUT2D eigenvalue weighted by Gasteiger charge is -2.29. The molecular formula is C26H39N3O6. The summed E-state index contributed by atoms with van der Waals surface area (Å²) in [4.78, 5) is 41.0. The molecule has 35 heavy (non-hydrogen) atoms. The number of nitrogens with one attached hydrogen (secondary N) is 3. The molecule has 0 bridgehead atoms. The van der Waals surface area contributed by atoms with Crippen LogP contribution in [0.2, 0.25) is 0 Å². The van der Waals surface area contributed by atoms with Crippen molar-refractivity contribution in [2.45, 2.75) is 84.6 Å². The number of H-pyrrole nitrogens is 1. The van der Waals surface area contributed by atoms with E-state index in [-0.39, 0.29) is 25.4 Å². The summed E-state index contributed by atoms with van der Waals surface area (Å²) < 4.78 is 10.3. The molecular weight excluding hydrogens is 450 g/mol. The van der Waals surface area contributed by atoms with Gasteiger partial charge in [0.1, 0.15) is 11.6 Å². The minimum Gasteiger partial charge on any atom is -0.466 e. The van der Waals surface area contributed by atoms with Gasteiger partial charge < -0.3 is 30.2 Å². The van der Waals surface area contributed by atoms with Gasteiger partial charge in [0, 0.05) is 17.1 Å². The Morgan fingerprint density at radius 2 is 1.80 bits per heavy atom. The predicted octanol–water partition coefficient (Wildman–Crippen LogP) is 3.45. The summed E-state index contributed by atoms with van der Waals surface area (Å²) in [6.45, 7) is 10.9. The summed E-state index contributed by atoms with van der Waals surface area (Å²) in [5.74, 6) is -1.21. The molecule has 194 valence electrons. The molecule has 0 radical (unpaired) electrons. The Kier molecular flexibility index (Phi) is 10.1. The number of aromatic nitrogens is 1. The number of fused-ring (bicyclic) bond motifs is 1. The minimum absolute atomic E-state index is 0.195. The molecule has 0 aliphatic carbocycles. The number of alkyl carbamates (subject to hydrolysis) is 1. The molecule has 2 aromatic rings. The SMILES string of the molecule is CCOC(=O)CC(O)[C@H](Cc1c[nH]c2ccccc12)NC(=O)[C@@H](NC(=O)OC(C)(C)C)C(C)CC. The van der Waals surface area contributed by atoms with Gasteiger partial charge >= 0.3 is 12.1 Å². The summed E-state index contributed by atoms with van der Waals surface area (Å²) in [7, 11) is 0. The molecule has 0 spiro atoms. The first-order valence-electron chi connectivity index (χ1n) is 12.1. The molecule has 9 heteroatoms. The molecule has 2 unspecified atom stereocenters. The van der Waals surface area contributed by atoms with Gasteiger partial charge in [0.05, 0.1) is 25.2 Å². The fraction of sp³-hybridized carbons (Fsp3) is 0.577. The van der Waals surface area contributed by atoms with Gasteiger partial charge in [-0.05, 0) is 51.7 Å². The molecule has 4 atom stereocenters. The number of para-hydroxylation sites is 1. The molecule has 2 amide bonds. The maximum atomic E-state index is 13.3. The lowest BCUT2D eigenvalue weighted by molar-refractivity contribution is -0.146. The number of aromatic amines is 1. The quantitative estimate of drug-likeness (QED) is 0.358. The summed E-state index contributed by atoms with van der Waals surface area (Å²) in [5.41, 5.74) is 1.10. The van der Waals surface area contributed by atoms with Crippen LogP contribution in [0.4, 0.5) is 4.79 Å². The number of carbonyl (C=O) groups is 3. The number of hydrogen-bond acceptors (Lipinski definition) is 6. The Bertz CT molecular complexity index is 996. The van der Waals surface area contributed by atoms with Crippen molar-refractivity contribution >= 4 is 28.9 Å². The van der Waals surface area contributed by atoms with Gasteiger partial charge in [-0.25, -0.2) is 4.79 Å². The van der Waals surface area contributed by atoms with Crippen molar-refractivity contribution in [3.63, 3.8) is 0 Å². The third-order valence-electron chi connectivity index (χ3n) is 5.76. The van der Waals surface area contributed by atoms with E-state index in [0.29, 0.717) is 6.42 Å². The maximum absolute atomic E-state index is 13.3. The highest BCUT2D eigenvalue weighted by molar-refractivity contribution is 5.87. The molecule has 2 rings (SSSR count). The molecule has 1 aromatic carbocycles. The van der Waals surface area contributed by atoms with E-state index in [2.05, 4.69) is 15.6 Å². The van der Waals surface area contributed by atoms with Crippen LogP contribution < -0.4 is 10.6 Å². The molecule has 0 saturated carbocycles. The van der Waals surface area contributed by atoms with Crippen molar-refractivity contribution in [2.24, 2.45) is 5.92 Å². The normalized spacial score (nSPS) is 15.1. The van der Waals surface area contributed by atoms with Gasteiger partial charge in [-0.1, -0.05) is 38.5 Å². The number of esters is 1. The van der Waals surface area contributed by atoms with Gasteiger partial charge in [-0.15, -0.1) is 0 Å². The van der Waals surface area contributed by atoms with Crippen LogP contribution in [0.1, 0.15) is 59.9 Å². The molecule has 0 saturated heterocycles. The Balaban J connectivity index is 2.26. The van der Waals surface area contributed by atoms with Crippen molar-refractivity contribution in [1.29, 1.82) is 0 Å². The molecule has 9 nitrogen and oxygen atoms in total. The Hall–Kier alpha value is -3.07. The largest absolute Gasteiger partial charge is 0.466 e. The molecule has 1 heterocycles. The number of carbonyl (C=O) groups excluding carboxylic acids is 3. The lowest BCUT2D eigenvalue weighted by Crippen LogP contribution is -2.56. The van der Waals surface area contributed by atoms with Gasteiger partial charge in [0.25, 0.3) is 0 Å². The highest BCUT2D eigenvalue weighted by Gasteiger charge is 2.32. The highest BCUT2D eigenvalue weighted by atomic mass is 16.6. The number of rotatable bonds is 11. The average Bonchev–Trinajstić information content (AvgIpc) is 3.18. The van der Waals surface area contributed by atoms with Gasteiger partial charge in [0.2, 0.25) is 5.91 Å². The van der Waals surface area contributed by atoms with Gasteiger partial charge in [-0.2, -0.15) is 0 Å². The number of aliphatic hydroxyl groups excluding tert-OH is 1. The van der Waals surface area contributed by atoms with Crippen molar-refractivity contribution < 1.29 is 29.0 Å². The maximum Gasteiger partial charge on any atom is 0.408 e. The summed E-state index contributed by atoms with van der Waals surface area (Å²) in [5, 5.41) is 17.4. The van der Waals surface area contributed by atoms with Crippen LogP contribution in [0.25, 0.3) is 10.9 Å². The van der Waals surface area contributed by atoms with E-state index in [9.17, 15) is 19.5 Å². The fourth-order valence-electron chi connectivity index (χ4n) is 3.76. The van der Waals surface area contributed by atoms with Crippen molar-refractivity contribution in [1.82, 2.24) is 15.6 Å². The Morgan fingerprint density at radius 3 is 2.43 bits per heavy atom. The van der Waals surface area contributed by atoms with E-state index in [1.165, 1.54) is 0 Å². The smallest absolute Gasteiger partial charge is 0.408 e. The van der Waals surface area contributed by atoms with E-state index in [0.717, 1.165) is 16.5 Å². The number of aliphatic hydroxyl groups is 1. The fourth-order valence-corrected chi connectivity index (χ4v) is 3.76. The van der Waals surface area contributed by atoms with Crippen LogP contribution >= 0.6 is 0 Å². The third-order valence-corrected chi connectivity index (χ3v) is 5.76. The lowest BCUT2D eigenvalue weighted by atomic mass is 9.95. The topological polar surface area (TPSA) is 130 Å². The first-order chi connectivity index (χ1) is 16.4. The second kappa shape index (κ2) is 12.6. The van der Waals surface area contributed by atoms with Gasteiger partial charge in [0.15, 0.2) is 0 Å². The Labute approximate surface area is 206 Å².